The SMILES string of the molecule is CCn1cc(C)cc1C(=O)Nc1nc2cc(C(N)=O)cc(OCCCO)c2n1C/C=C/Cn1c2nc(-c3cc(C)nn3CC)ncc2c2cc(C(N)=O)cc(OCCCNC(=O)CCCC(=O)O)c21. The third-order valence-electron chi connectivity index (χ3n) is 11.3. The number of ether oxygens (including phenoxy) is 2. The molecule has 2 aromatic carbocycles. The van der Waals surface area contributed by atoms with Gasteiger partial charge < -0.3 is 50.2 Å². The molecule has 0 saturated heterocycles. The number of nitrogens with two attached hydrogens (primary N) is 2. The van der Waals surface area contributed by atoms with E-state index >= 15 is 0 Å². The van der Waals surface area contributed by atoms with Crippen LogP contribution < -0.4 is 31.6 Å². The maximum atomic E-state index is 13.9. The molecule has 0 fully saturated rings. The van der Waals surface area contributed by atoms with Crippen molar-refractivity contribution >= 4 is 68.5 Å². The Labute approximate surface area is 396 Å². The van der Waals surface area contributed by atoms with Gasteiger partial charge in [-0.2, -0.15) is 5.10 Å². The van der Waals surface area contributed by atoms with Crippen molar-refractivity contribution in [2.75, 3.05) is 31.7 Å². The molecule has 0 unspecified atom stereocenters. The number of nitrogens with zero attached hydrogens (tertiary/aromatic N) is 8. The minimum atomic E-state index is -0.967. The van der Waals surface area contributed by atoms with Gasteiger partial charge in [0.05, 0.1) is 29.9 Å². The fourth-order valence-electron chi connectivity index (χ4n) is 8.09. The highest BCUT2D eigenvalue weighted by Crippen LogP contribution is 2.37. The minimum Gasteiger partial charge on any atom is -0.491 e. The highest BCUT2D eigenvalue weighted by Gasteiger charge is 2.24. The van der Waals surface area contributed by atoms with E-state index in [0.717, 1.165) is 11.3 Å². The number of imidazole rings is 1. The Kier molecular flexibility index (Phi) is 15.4. The number of allylic oxidation sites excluding steroid dienone is 2. The number of carbonyl (C=O) groups excluding carboxylic acids is 4. The molecule has 0 radical (unpaired) electrons. The first-order valence-corrected chi connectivity index (χ1v) is 22.7. The van der Waals surface area contributed by atoms with Crippen LogP contribution >= 0.6 is 0 Å². The van der Waals surface area contributed by atoms with Crippen molar-refractivity contribution in [3.63, 3.8) is 0 Å². The molecule has 7 aromatic rings. The summed E-state index contributed by atoms with van der Waals surface area (Å²) >= 11 is 0. The number of carbonyl (C=O) groups is 5. The second-order valence-electron chi connectivity index (χ2n) is 16.4. The van der Waals surface area contributed by atoms with Gasteiger partial charge in [-0.05, 0) is 82.5 Å². The summed E-state index contributed by atoms with van der Waals surface area (Å²) in [5.74, 6) is -1.79. The first-order chi connectivity index (χ1) is 33.2. The van der Waals surface area contributed by atoms with Crippen molar-refractivity contribution in [1.82, 2.24) is 43.8 Å². The number of aromatic nitrogens is 8. The zero-order valence-corrected chi connectivity index (χ0v) is 39.0. The molecule has 362 valence electrons. The fraction of sp³-hybridized carbons (Fsp3) is 0.354. The van der Waals surface area contributed by atoms with Gasteiger partial charge in [0.2, 0.25) is 23.7 Å². The Morgan fingerprint density at radius 1 is 0.797 bits per heavy atom. The van der Waals surface area contributed by atoms with Crippen LogP contribution in [0.5, 0.6) is 11.5 Å². The van der Waals surface area contributed by atoms with Crippen molar-refractivity contribution in [1.29, 1.82) is 0 Å². The zero-order chi connectivity index (χ0) is 49.4. The second kappa shape index (κ2) is 21.7. The van der Waals surface area contributed by atoms with Crippen LogP contribution in [0.1, 0.15) is 88.4 Å². The normalized spacial score (nSPS) is 11.6. The number of aliphatic hydroxyl groups is 1. The predicted octanol–water partition coefficient (Wildman–Crippen LogP) is 4.86. The lowest BCUT2D eigenvalue weighted by Gasteiger charge is -2.13. The molecule has 0 aliphatic carbocycles. The van der Waals surface area contributed by atoms with E-state index in [1.807, 2.05) is 65.9 Å². The van der Waals surface area contributed by atoms with E-state index in [1.165, 1.54) is 12.1 Å². The van der Waals surface area contributed by atoms with Gasteiger partial charge in [0, 0.05) is 92.9 Å². The van der Waals surface area contributed by atoms with Crippen LogP contribution in [0, 0.1) is 13.8 Å². The molecule has 0 bridgehead atoms. The van der Waals surface area contributed by atoms with Gasteiger partial charge in [0.15, 0.2) is 5.82 Å². The monoisotopic (exact) mass is 944 g/mol. The van der Waals surface area contributed by atoms with Crippen LogP contribution in [0.2, 0.25) is 0 Å². The van der Waals surface area contributed by atoms with E-state index in [4.69, 9.17) is 41.0 Å². The molecule has 0 saturated carbocycles. The summed E-state index contributed by atoms with van der Waals surface area (Å²) < 4.78 is 19.8. The van der Waals surface area contributed by atoms with E-state index in [1.54, 1.807) is 29.0 Å². The highest BCUT2D eigenvalue weighted by atomic mass is 16.5. The number of hydrogen-bond acceptors (Lipinski definition) is 12. The topological polar surface area (TPSA) is 292 Å². The molecule has 0 atom stereocenters. The summed E-state index contributed by atoms with van der Waals surface area (Å²) in [5, 5.41) is 30.0. The maximum absolute atomic E-state index is 13.9. The smallest absolute Gasteiger partial charge is 0.303 e. The number of aryl methyl sites for hydroxylation is 4. The summed E-state index contributed by atoms with van der Waals surface area (Å²) in [6.07, 6.45) is 8.27. The van der Waals surface area contributed by atoms with Gasteiger partial charge in [-0.1, -0.05) is 12.2 Å². The average Bonchev–Trinajstić information content (AvgIpc) is 4.08. The molecule has 0 aliphatic heterocycles. The van der Waals surface area contributed by atoms with E-state index in [0.29, 0.717) is 81.9 Å². The van der Waals surface area contributed by atoms with Crippen LogP contribution in [-0.4, -0.2) is 105 Å². The number of nitrogens with one attached hydrogen (secondary N) is 2. The summed E-state index contributed by atoms with van der Waals surface area (Å²) in [5.41, 5.74) is 16.7. The molecule has 0 aliphatic rings. The number of primary amides is 2. The fourth-order valence-corrected chi connectivity index (χ4v) is 8.09. The Bertz CT molecular complexity index is 3110. The van der Waals surface area contributed by atoms with Crippen molar-refractivity contribution in [3.8, 4) is 23.0 Å². The van der Waals surface area contributed by atoms with Crippen molar-refractivity contribution in [2.45, 2.75) is 86.0 Å². The summed E-state index contributed by atoms with van der Waals surface area (Å²) in [6.45, 7) is 9.61. The Hall–Kier alpha value is -8.07. The van der Waals surface area contributed by atoms with Crippen molar-refractivity contribution < 1.29 is 43.7 Å². The molecule has 21 heteroatoms. The van der Waals surface area contributed by atoms with Gasteiger partial charge in [0.1, 0.15) is 34.1 Å². The summed E-state index contributed by atoms with van der Waals surface area (Å²) in [6, 6.07) is 9.98. The predicted molar refractivity (Wildman–Crippen MR) is 257 cm³/mol. The number of rotatable bonds is 24. The van der Waals surface area contributed by atoms with Crippen LogP contribution in [0.25, 0.3) is 44.5 Å². The maximum Gasteiger partial charge on any atom is 0.303 e. The first kappa shape index (κ1) is 48.9. The second-order valence-corrected chi connectivity index (χ2v) is 16.4. The van der Waals surface area contributed by atoms with Crippen LogP contribution in [0.3, 0.4) is 0 Å². The molecule has 7 rings (SSSR count). The number of carboxylic acids is 1. The lowest BCUT2D eigenvalue weighted by molar-refractivity contribution is -0.137. The van der Waals surface area contributed by atoms with E-state index in [-0.39, 0.29) is 87.4 Å². The number of aliphatic carboxylic acids is 1. The largest absolute Gasteiger partial charge is 0.491 e. The molecule has 5 heterocycles. The lowest BCUT2D eigenvalue weighted by atomic mass is 10.1. The number of anilines is 1. The van der Waals surface area contributed by atoms with Gasteiger partial charge in [-0.3, -0.25) is 34.0 Å². The quantitative estimate of drug-likeness (QED) is 0.0349. The Balaban J connectivity index is 1.29. The third-order valence-corrected chi connectivity index (χ3v) is 11.3. The summed E-state index contributed by atoms with van der Waals surface area (Å²) in [4.78, 5) is 76.9. The first-order valence-electron chi connectivity index (χ1n) is 22.7. The average molecular weight is 945 g/mol. The summed E-state index contributed by atoms with van der Waals surface area (Å²) in [7, 11) is 0. The van der Waals surface area contributed by atoms with Crippen LogP contribution in [0.15, 0.2) is 60.9 Å². The number of benzene rings is 2. The van der Waals surface area contributed by atoms with Crippen molar-refractivity contribution in [2.24, 2.45) is 11.5 Å². The molecule has 4 amide bonds. The van der Waals surface area contributed by atoms with Crippen LogP contribution in [0.4, 0.5) is 5.95 Å². The van der Waals surface area contributed by atoms with Gasteiger partial charge in [-0.25, -0.2) is 15.0 Å². The number of hydrogen-bond donors (Lipinski definition) is 6. The Morgan fingerprint density at radius 3 is 2.17 bits per heavy atom. The number of amides is 4. The molecule has 5 aromatic heterocycles. The highest BCUT2D eigenvalue weighted by molar-refractivity contribution is 6.12. The number of aliphatic hydroxyl groups excluding tert-OH is 1. The standard InChI is InChI=1S/C48H56N12O9/c1-5-57-27-28(3)20-36(57)47(67)55-48-53-34-23-31(44(50)66)25-38(69-19-11-17-61)42(34)59(48)16-8-7-15-58-41-32(33-26-52-45(54-46(33)58)35-21-29(4)56-60(35)6-2)22-30(43(49)65)24-37(41)68-18-10-14-51-39(62)12-9-13-40(63)64/h7-8,20-27,61H,5-6,9-19H2,1-4H3,(H2,49,65)(H2,50,66)(H,51,62)(H,63,64)(H,53,55,67)/b8-7+. The van der Waals surface area contributed by atoms with E-state index in [2.05, 4.69) is 15.7 Å². The number of fused-ring (bicyclic) bond motifs is 4. The Morgan fingerprint density at radius 2 is 1.49 bits per heavy atom. The molecule has 69 heavy (non-hydrogen) atoms. The van der Waals surface area contributed by atoms with Crippen molar-refractivity contribution in [3.05, 3.63) is 89.0 Å². The number of carboxylic acid groups (broad SMARTS) is 1. The van der Waals surface area contributed by atoms with Gasteiger partial charge in [-0.15, -0.1) is 0 Å². The molecular weight excluding hydrogens is 889 g/mol. The zero-order valence-electron chi connectivity index (χ0n) is 39.0. The van der Waals surface area contributed by atoms with Gasteiger partial charge in [0.25, 0.3) is 5.91 Å². The molecule has 0 spiro atoms. The molecular formula is C48H56N12O9. The molecule has 8 N–H and O–H groups in total. The van der Waals surface area contributed by atoms with E-state index in [9.17, 15) is 29.1 Å². The van der Waals surface area contributed by atoms with E-state index < -0.39 is 23.7 Å². The minimum absolute atomic E-state index is 0.0832. The lowest BCUT2D eigenvalue weighted by Crippen LogP contribution is -2.25. The van der Waals surface area contributed by atoms with Gasteiger partial charge >= 0.3 is 5.97 Å². The third kappa shape index (κ3) is 11.0. The van der Waals surface area contributed by atoms with Crippen LogP contribution in [-0.2, 0) is 35.8 Å². The molecule has 21 nitrogen and oxygen atoms in total.